The van der Waals surface area contributed by atoms with Gasteiger partial charge in [-0.3, -0.25) is 0 Å². The summed E-state index contributed by atoms with van der Waals surface area (Å²) in [6.45, 7) is 6.76. The van der Waals surface area contributed by atoms with Crippen LogP contribution in [0.5, 0.6) is 0 Å². The zero-order valence-corrected chi connectivity index (χ0v) is 32.0. The zero-order valence-electron chi connectivity index (χ0n) is 31.1. The Labute approximate surface area is 286 Å². The Hall–Kier alpha value is 0.230. The predicted octanol–water partition coefficient (Wildman–Crippen LogP) is 12.0. The molecule has 0 spiro atoms. The molecule has 5 nitrogen and oxygen atoms in total. The van der Waals surface area contributed by atoms with Gasteiger partial charge < -0.3 is 0 Å². The predicted molar refractivity (Wildman–Crippen MR) is 200 cm³/mol. The molecule has 276 valence electrons. The van der Waals surface area contributed by atoms with E-state index >= 15 is 0 Å². The minimum absolute atomic E-state index is 0.109. The van der Waals surface area contributed by atoms with Crippen LogP contribution in [0.4, 0.5) is 0 Å². The van der Waals surface area contributed by atoms with Crippen molar-refractivity contribution in [2.24, 2.45) is 10.8 Å². The number of unbranched alkanes of at least 4 members (excludes halogenated alkanes) is 26. The first-order valence-electron chi connectivity index (χ1n) is 20.6. The van der Waals surface area contributed by atoms with E-state index in [1.54, 1.807) is 0 Å². The summed E-state index contributed by atoms with van der Waals surface area (Å²) in [4.78, 5) is 34.0. The van der Waals surface area contributed by atoms with Crippen LogP contribution in [0.2, 0.25) is 0 Å². The van der Waals surface area contributed by atoms with E-state index in [0.29, 0.717) is 26.4 Å². The standard InChI is InChI=1S/C40H81O5P/c1-3-5-7-9-11-13-15-17-19-21-23-25-27-29-31-39(33-44-34-39)37-46(41,42,43)38-40(35-45-36-40)32-30-28-26-24-22-20-18-16-14-12-10-8-6-4-2/h41-43H,3-38H2,1-2H3. The molecule has 2 aliphatic heterocycles. The van der Waals surface area contributed by atoms with E-state index in [1.165, 1.54) is 167 Å². The van der Waals surface area contributed by atoms with Crippen LogP contribution in [-0.4, -0.2) is 53.4 Å². The van der Waals surface area contributed by atoms with Gasteiger partial charge in [-0.15, -0.1) is 0 Å². The van der Waals surface area contributed by atoms with E-state index < -0.39 is 7.28 Å². The molecule has 0 atom stereocenters. The van der Waals surface area contributed by atoms with Crippen molar-refractivity contribution in [3.63, 3.8) is 0 Å². The Bertz CT molecular complexity index is 656. The van der Waals surface area contributed by atoms with Crippen molar-refractivity contribution in [3.05, 3.63) is 0 Å². The van der Waals surface area contributed by atoms with Crippen molar-refractivity contribution >= 4 is 7.28 Å². The fourth-order valence-corrected chi connectivity index (χ4v) is 11.8. The number of hydrogen-bond donors (Lipinski definition) is 3. The summed E-state index contributed by atoms with van der Waals surface area (Å²) in [5.74, 6) is 0. The summed E-state index contributed by atoms with van der Waals surface area (Å²) in [6, 6.07) is 0. The number of hydrogen-bond acceptors (Lipinski definition) is 5. The molecule has 0 aromatic carbocycles. The van der Waals surface area contributed by atoms with Gasteiger partial charge >= 0.3 is 209 Å². The molecule has 0 bridgehead atoms. The third kappa shape index (κ3) is 20.0. The average molecular weight is 673 g/mol. The topological polar surface area (TPSA) is 79.2 Å². The van der Waals surface area contributed by atoms with Crippen molar-refractivity contribution < 1.29 is 24.2 Å². The van der Waals surface area contributed by atoms with Gasteiger partial charge in [0.05, 0.1) is 0 Å². The van der Waals surface area contributed by atoms with E-state index in [0.717, 1.165) is 25.7 Å². The number of ether oxygens (including phenoxy) is 2. The second-order valence-electron chi connectivity index (χ2n) is 16.3. The van der Waals surface area contributed by atoms with Crippen LogP contribution in [0.15, 0.2) is 0 Å². The van der Waals surface area contributed by atoms with Crippen LogP contribution in [0.1, 0.15) is 206 Å². The van der Waals surface area contributed by atoms with Crippen LogP contribution in [-0.2, 0) is 9.47 Å². The van der Waals surface area contributed by atoms with Crippen molar-refractivity contribution in [3.8, 4) is 0 Å². The molecule has 2 aliphatic rings. The molecule has 0 aromatic rings. The zero-order chi connectivity index (χ0) is 33.3. The Morgan fingerprint density at radius 2 is 0.587 bits per heavy atom. The Morgan fingerprint density at radius 1 is 0.370 bits per heavy atom. The average Bonchev–Trinajstić information content (AvgIpc) is 2.98. The molecule has 46 heavy (non-hydrogen) atoms. The molecule has 0 radical (unpaired) electrons. The van der Waals surface area contributed by atoms with Gasteiger partial charge in [0, 0.05) is 0 Å². The van der Waals surface area contributed by atoms with Gasteiger partial charge in [-0.25, -0.2) is 0 Å². The Morgan fingerprint density at radius 3 is 0.783 bits per heavy atom. The van der Waals surface area contributed by atoms with Crippen LogP contribution >= 0.6 is 7.28 Å². The van der Waals surface area contributed by atoms with E-state index in [-0.39, 0.29) is 23.2 Å². The first-order valence-corrected chi connectivity index (χ1v) is 23.1. The molecule has 0 saturated carbocycles. The van der Waals surface area contributed by atoms with Crippen LogP contribution in [0.25, 0.3) is 0 Å². The summed E-state index contributed by atoms with van der Waals surface area (Å²) in [6.07, 6.45) is 39.5. The maximum absolute atomic E-state index is 11.3. The van der Waals surface area contributed by atoms with E-state index in [2.05, 4.69) is 13.8 Å². The normalized spacial score (nSPS) is 18.2. The van der Waals surface area contributed by atoms with Crippen LogP contribution < -0.4 is 0 Å². The molecular weight excluding hydrogens is 591 g/mol. The molecular formula is C40H81O5P. The summed E-state index contributed by atoms with van der Waals surface area (Å²) in [7, 11) is -4.78. The second-order valence-corrected chi connectivity index (χ2v) is 19.6. The van der Waals surface area contributed by atoms with E-state index in [9.17, 15) is 14.7 Å². The molecule has 0 aromatic heterocycles. The van der Waals surface area contributed by atoms with Gasteiger partial charge in [0.1, 0.15) is 0 Å². The molecule has 0 amide bonds. The third-order valence-electron chi connectivity index (χ3n) is 11.1. The van der Waals surface area contributed by atoms with E-state index in [4.69, 9.17) is 9.47 Å². The quantitative estimate of drug-likeness (QED) is 0.0468. The summed E-state index contributed by atoms with van der Waals surface area (Å²) in [5.41, 5.74) is -0.540. The van der Waals surface area contributed by atoms with Crippen molar-refractivity contribution in [2.45, 2.75) is 206 Å². The van der Waals surface area contributed by atoms with Crippen LogP contribution in [0.3, 0.4) is 0 Å². The Balaban J connectivity index is 1.53. The monoisotopic (exact) mass is 673 g/mol. The first-order chi connectivity index (χ1) is 22.2. The van der Waals surface area contributed by atoms with Crippen LogP contribution in [0, 0.1) is 10.8 Å². The third-order valence-corrected chi connectivity index (χ3v) is 13.7. The van der Waals surface area contributed by atoms with Gasteiger partial charge in [0.25, 0.3) is 0 Å². The summed E-state index contributed by atoms with van der Waals surface area (Å²) >= 11 is 0. The molecule has 3 N–H and O–H groups in total. The first kappa shape index (κ1) is 42.4. The molecule has 0 unspecified atom stereocenters. The Kier molecular flexibility index (Phi) is 22.5. The van der Waals surface area contributed by atoms with Crippen molar-refractivity contribution in [1.82, 2.24) is 0 Å². The molecule has 2 saturated heterocycles. The summed E-state index contributed by atoms with van der Waals surface area (Å²) in [5, 5.41) is 0. The second kappa shape index (κ2) is 24.4. The fraction of sp³-hybridized carbons (Fsp3) is 1.00. The fourth-order valence-electron chi connectivity index (χ4n) is 8.23. The molecule has 2 fully saturated rings. The van der Waals surface area contributed by atoms with Gasteiger partial charge in [-0.1, -0.05) is 78.1 Å². The van der Waals surface area contributed by atoms with Gasteiger partial charge in [-0.05, 0) is 0 Å². The SMILES string of the molecule is CCCCCCCCCCCCCCCCC1(CP(O)(O)(O)CC2(CCCCCCCCCCCCCCCC)COC2)COC1. The summed E-state index contributed by atoms with van der Waals surface area (Å²) < 4.78 is 11.2. The van der Waals surface area contributed by atoms with Gasteiger partial charge in [0.15, 0.2) is 0 Å². The maximum atomic E-state index is 11.3. The minimum atomic E-state index is -4.78. The molecule has 0 aliphatic carbocycles. The molecule has 6 heteroatoms. The van der Waals surface area contributed by atoms with Crippen molar-refractivity contribution in [2.75, 3.05) is 38.8 Å². The van der Waals surface area contributed by atoms with E-state index in [1.807, 2.05) is 0 Å². The number of rotatable bonds is 34. The van der Waals surface area contributed by atoms with Crippen molar-refractivity contribution in [1.29, 1.82) is 0 Å². The molecule has 2 rings (SSSR count). The molecule has 2 heterocycles. The van der Waals surface area contributed by atoms with Gasteiger partial charge in [-0.2, -0.15) is 0 Å². The van der Waals surface area contributed by atoms with Gasteiger partial charge in [0.2, 0.25) is 0 Å².